The molecule has 0 saturated heterocycles. The van der Waals surface area contributed by atoms with E-state index in [4.69, 9.17) is 4.74 Å². The average Bonchev–Trinajstić information content (AvgIpc) is 3.20. The second kappa shape index (κ2) is 8.66. The molecule has 0 saturated carbocycles. The van der Waals surface area contributed by atoms with Crippen LogP contribution in [-0.2, 0) is 22.6 Å². The molecule has 2 N–H and O–H groups in total. The lowest BCUT2D eigenvalue weighted by Gasteiger charge is -2.34. The summed E-state index contributed by atoms with van der Waals surface area (Å²) >= 11 is 0. The third-order valence-corrected chi connectivity index (χ3v) is 5.23. The number of carbonyl (C=O) groups excluding carboxylic acids is 1. The zero-order valence-corrected chi connectivity index (χ0v) is 18.1. The highest BCUT2D eigenvalue weighted by Crippen LogP contribution is 2.34. The fraction of sp³-hybridized carbons (Fsp3) is 0.273. The topological polar surface area (TPSA) is 97.2 Å². The number of hydrogen-bond acceptors (Lipinski definition) is 7. The number of ether oxygens (including phenoxy) is 1. The lowest BCUT2D eigenvalue weighted by molar-refractivity contribution is -0.117. The fourth-order valence-electron chi connectivity index (χ4n) is 3.59. The number of likely N-dealkylation sites (N-methyl/N-ethyl adjacent to an activating group) is 1. The zero-order chi connectivity index (χ0) is 22.8. The van der Waals surface area contributed by atoms with Crippen LogP contribution in [0.15, 0.2) is 49.0 Å². The van der Waals surface area contributed by atoms with Crippen molar-refractivity contribution in [2.75, 3.05) is 29.7 Å². The van der Waals surface area contributed by atoms with Crippen LogP contribution in [-0.4, -0.2) is 45.9 Å². The van der Waals surface area contributed by atoms with Crippen LogP contribution in [0.2, 0.25) is 0 Å². The van der Waals surface area contributed by atoms with Crippen molar-refractivity contribution in [3.05, 3.63) is 71.6 Å². The number of fused-ring (bicyclic) bond motifs is 1. The highest BCUT2D eigenvalue weighted by Gasteiger charge is 2.36. The summed E-state index contributed by atoms with van der Waals surface area (Å²) in [5, 5.41) is 10.4. The summed E-state index contributed by atoms with van der Waals surface area (Å²) < 4.78 is 20.3. The Morgan fingerprint density at radius 2 is 2.16 bits per heavy atom. The van der Waals surface area contributed by atoms with E-state index in [1.807, 2.05) is 19.2 Å². The number of anilines is 3. The van der Waals surface area contributed by atoms with Crippen LogP contribution in [0.1, 0.15) is 16.8 Å². The number of aromatic nitrogens is 4. The van der Waals surface area contributed by atoms with Gasteiger partial charge in [0, 0.05) is 25.4 Å². The van der Waals surface area contributed by atoms with Gasteiger partial charge in [0.15, 0.2) is 11.9 Å². The maximum Gasteiger partial charge on any atom is 0.255 e. The van der Waals surface area contributed by atoms with Crippen molar-refractivity contribution in [1.82, 2.24) is 19.7 Å². The predicted molar refractivity (Wildman–Crippen MR) is 119 cm³/mol. The molecule has 0 bridgehead atoms. The minimum atomic E-state index is -0.685. The molecule has 3 aromatic rings. The first kappa shape index (κ1) is 21.3. The van der Waals surface area contributed by atoms with Crippen molar-refractivity contribution < 1.29 is 13.9 Å². The summed E-state index contributed by atoms with van der Waals surface area (Å²) in [7, 11) is 3.24. The minimum Gasteiger partial charge on any atom is -0.499 e. The second-order valence-electron chi connectivity index (χ2n) is 7.53. The van der Waals surface area contributed by atoms with Gasteiger partial charge < -0.3 is 20.3 Å². The highest BCUT2D eigenvalue weighted by molar-refractivity contribution is 6.04. The molecule has 0 spiro atoms. The van der Waals surface area contributed by atoms with Gasteiger partial charge >= 0.3 is 0 Å². The Morgan fingerprint density at radius 3 is 2.91 bits per heavy atom. The third kappa shape index (κ3) is 4.25. The van der Waals surface area contributed by atoms with Crippen LogP contribution in [0.4, 0.5) is 21.8 Å². The molecule has 166 valence electrons. The molecule has 3 heterocycles. The number of nitrogens with zero attached hydrogens (tertiary/aromatic N) is 5. The Morgan fingerprint density at radius 1 is 1.34 bits per heavy atom. The summed E-state index contributed by atoms with van der Waals surface area (Å²) in [5.41, 5.74) is 2.96. The monoisotopic (exact) mass is 437 g/mol. The summed E-state index contributed by atoms with van der Waals surface area (Å²) in [4.78, 5) is 23.2. The van der Waals surface area contributed by atoms with Crippen LogP contribution >= 0.6 is 0 Å². The number of methoxy groups -OCH3 is 1. The van der Waals surface area contributed by atoms with Gasteiger partial charge in [0.2, 0.25) is 5.95 Å². The van der Waals surface area contributed by atoms with Gasteiger partial charge in [0.05, 0.1) is 25.5 Å². The van der Waals surface area contributed by atoms with Gasteiger partial charge in [-0.1, -0.05) is 18.7 Å². The molecule has 2 aromatic heterocycles. The largest absolute Gasteiger partial charge is 0.499 e. The number of amides is 1. The molecule has 1 aliphatic heterocycles. The molecule has 0 aliphatic carbocycles. The van der Waals surface area contributed by atoms with Gasteiger partial charge in [-0.15, -0.1) is 0 Å². The third-order valence-electron chi connectivity index (χ3n) is 5.23. The van der Waals surface area contributed by atoms with E-state index in [1.165, 1.54) is 19.2 Å². The number of carbonyl (C=O) groups is 1. The first-order chi connectivity index (χ1) is 15.4. The minimum absolute atomic E-state index is 0.245. The molecule has 0 radical (unpaired) electrons. The SMILES string of the molecule is C=C(OC)[C@H]1C(=O)Nc2c(C)nc(NCc3cnn(Cc4cccc(F)c4)c3)nc2N1C. The van der Waals surface area contributed by atoms with Crippen LogP contribution in [0.5, 0.6) is 0 Å². The van der Waals surface area contributed by atoms with Crippen LogP contribution in [0, 0.1) is 12.7 Å². The Hall–Kier alpha value is -3.95. The normalized spacial score (nSPS) is 15.2. The van der Waals surface area contributed by atoms with Gasteiger partial charge in [0.25, 0.3) is 5.91 Å². The molecule has 32 heavy (non-hydrogen) atoms. The number of rotatable bonds is 7. The predicted octanol–water partition coefficient (Wildman–Crippen LogP) is 2.70. The van der Waals surface area contributed by atoms with Crippen molar-refractivity contribution >= 4 is 23.4 Å². The first-order valence-corrected chi connectivity index (χ1v) is 10.0. The maximum atomic E-state index is 13.4. The Labute approximate surface area is 184 Å². The molecule has 1 aromatic carbocycles. The van der Waals surface area contributed by atoms with Crippen LogP contribution in [0.3, 0.4) is 0 Å². The summed E-state index contributed by atoms with van der Waals surface area (Å²) in [6.45, 7) is 6.55. The Bertz CT molecular complexity index is 1180. The number of benzene rings is 1. The van der Waals surface area contributed by atoms with Gasteiger partial charge in [-0.05, 0) is 24.6 Å². The first-order valence-electron chi connectivity index (χ1n) is 10.0. The van der Waals surface area contributed by atoms with Crippen molar-refractivity contribution in [3.8, 4) is 0 Å². The molecule has 1 atom stereocenters. The van der Waals surface area contributed by atoms with Crippen molar-refractivity contribution in [2.24, 2.45) is 0 Å². The molecule has 9 nitrogen and oxygen atoms in total. The molecule has 4 rings (SSSR count). The Balaban J connectivity index is 1.48. The fourth-order valence-corrected chi connectivity index (χ4v) is 3.59. The number of aryl methyl sites for hydroxylation is 1. The number of nitrogens with one attached hydrogen (secondary N) is 2. The smallest absolute Gasteiger partial charge is 0.255 e. The molecule has 1 amide bonds. The van der Waals surface area contributed by atoms with E-state index in [0.29, 0.717) is 42.0 Å². The lowest BCUT2D eigenvalue weighted by Crippen LogP contribution is -2.48. The Kier molecular flexibility index (Phi) is 5.76. The van der Waals surface area contributed by atoms with Crippen molar-refractivity contribution in [2.45, 2.75) is 26.1 Å². The van der Waals surface area contributed by atoms with E-state index >= 15 is 0 Å². The molecule has 0 fully saturated rings. The molecule has 0 unspecified atom stereocenters. The van der Waals surface area contributed by atoms with Gasteiger partial charge in [-0.3, -0.25) is 9.48 Å². The van der Waals surface area contributed by atoms with Gasteiger partial charge in [-0.25, -0.2) is 9.37 Å². The summed E-state index contributed by atoms with van der Waals surface area (Å²) in [6.07, 6.45) is 3.62. The van der Waals surface area contributed by atoms with E-state index in [1.54, 1.807) is 28.9 Å². The van der Waals surface area contributed by atoms with Gasteiger partial charge in [-0.2, -0.15) is 10.1 Å². The highest BCUT2D eigenvalue weighted by atomic mass is 19.1. The number of halogens is 1. The molecule has 10 heteroatoms. The molecule has 1 aliphatic rings. The van der Waals surface area contributed by atoms with Crippen molar-refractivity contribution in [1.29, 1.82) is 0 Å². The summed E-state index contributed by atoms with van der Waals surface area (Å²) in [6, 6.07) is 5.75. The van der Waals surface area contributed by atoms with E-state index in [2.05, 4.69) is 32.3 Å². The number of hydrogen-bond donors (Lipinski definition) is 2. The van der Waals surface area contributed by atoms with Gasteiger partial charge in [0.1, 0.15) is 17.3 Å². The lowest BCUT2D eigenvalue weighted by atomic mass is 10.1. The zero-order valence-electron chi connectivity index (χ0n) is 18.1. The van der Waals surface area contributed by atoms with E-state index in [9.17, 15) is 9.18 Å². The van der Waals surface area contributed by atoms with E-state index in [0.717, 1.165) is 11.1 Å². The maximum absolute atomic E-state index is 13.4. The summed E-state index contributed by atoms with van der Waals surface area (Å²) in [5.74, 6) is 0.805. The van der Waals surface area contributed by atoms with E-state index in [-0.39, 0.29) is 11.7 Å². The van der Waals surface area contributed by atoms with Crippen LogP contribution in [0.25, 0.3) is 0 Å². The van der Waals surface area contributed by atoms with E-state index < -0.39 is 6.04 Å². The quantitative estimate of drug-likeness (QED) is 0.549. The van der Waals surface area contributed by atoms with Crippen LogP contribution < -0.4 is 15.5 Å². The second-order valence-corrected chi connectivity index (χ2v) is 7.53. The van der Waals surface area contributed by atoms with Crippen molar-refractivity contribution in [3.63, 3.8) is 0 Å². The average molecular weight is 437 g/mol. The molecular formula is C22H24FN7O2. The standard InChI is InChI=1S/C22H24FN7O2/c1-13-18-20(29(3)19(14(2)32-4)21(31)27-18)28-22(26-13)24-9-16-10-25-30(12-16)11-15-6-5-7-17(23)8-15/h5-8,10,12,19H,2,9,11H2,1,3-4H3,(H,27,31)(H,24,26,28)/t19-/m0/s1. The molecular weight excluding hydrogens is 413 g/mol.